The second-order valence-electron chi connectivity index (χ2n) is 8.60. The zero-order valence-electron chi connectivity index (χ0n) is 15.7. The molecule has 0 radical (unpaired) electrons. The Hall–Kier alpha value is -0.120. The number of piperazine rings is 1. The van der Waals surface area contributed by atoms with Gasteiger partial charge >= 0.3 is 0 Å². The highest BCUT2D eigenvalue weighted by Gasteiger charge is 2.29. The van der Waals surface area contributed by atoms with Gasteiger partial charge in [-0.1, -0.05) is 27.7 Å². The van der Waals surface area contributed by atoms with Crippen molar-refractivity contribution in [3.63, 3.8) is 0 Å². The summed E-state index contributed by atoms with van der Waals surface area (Å²) in [4.78, 5) is 5.21. The van der Waals surface area contributed by atoms with Gasteiger partial charge in [-0.15, -0.1) is 0 Å². The van der Waals surface area contributed by atoms with Gasteiger partial charge < -0.3 is 4.74 Å². The Labute approximate surface area is 133 Å². The van der Waals surface area contributed by atoms with Gasteiger partial charge in [-0.25, -0.2) is 0 Å². The normalized spacial score (nSPS) is 22.3. The van der Waals surface area contributed by atoms with E-state index in [1.165, 1.54) is 32.6 Å². The Balaban J connectivity index is 2.45. The Morgan fingerprint density at radius 3 is 1.86 bits per heavy atom. The van der Waals surface area contributed by atoms with Gasteiger partial charge in [0.15, 0.2) is 0 Å². The Morgan fingerprint density at radius 1 is 0.952 bits per heavy atom. The second-order valence-corrected chi connectivity index (χ2v) is 8.60. The topological polar surface area (TPSA) is 15.7 Å². The summed E-state index contributed by atoms with van der Waals surface area (Å²) in [6, 6.07) is 0.567. The number of rotatable bonds is 5. The molecule has 126 valence electrons. The molecule has 2 atom stereocenters. The molecule has 1 fully saturated rings. The van der Waals surface area contributed by atoms with Crippen LogP contribution in [0.4, 0.5) is 0 Å². The van der Waals surface area contributed by atoms with Gasteiger partial charge in [0.05, 0.1) is 12.7 Å². The molecule has 1 heterocycles. The number of nitrogens with zero attached hydrogens (tertiary/aromatic N) is 2. The lowest BCUT2D eigenvalue weighted by atomic mass is 9.90. The van der Waals surface area contributed by atoms with Crippen LogP contribution in [0.25, 0.3) is 0 Å². The Kier molecular flexibility index (Phi) is 6.70. The summed E-state index contributed by atoms with van der Waals surface area (Å²) < 4.78 is 6.15. The minimum Gasteiger partial charge on any atom is -0.376 e. The van der Waals surface area contributed by atoms with Crippen molar-refractivity contribution in [2.45, 2.75) is 79.5 Å². The van der Waals surface area contributed by atoms with E-state index in [0.717, 1.165) is 6.61 Å². The van der Waals surface area contributed by atoms with Crippen LogP contribution in [0.15, 0.2) is 0 Å². The van der Waals surface area contributed by atoms with Crippen molar-refractivity contribution in [2.24, 2.45) is 5.41 Å². The highest BCUT2D eigenvalue weighted by Crippen LogP contribution is 2.23. The fourth-order valence-corrected chi connectivity index (χ4v) is 2.74. The molecule has 0 bridgehead atoms. The molecule has 3 heteroatoms. The number of ether oxygens (including phenoxy) is 1. The molecule has 2 unspecified atom stereocenters. The van der Waals surface area contributed by atoms with Gasteiger partial charge in [-0.2, -0.15) is 0 Å². The van der Waals surface area contributed by atoms with Crippen molar-refractivity contribution < 1.29 is 4.74 Å². The fourth-order valence-electron chi connectivity index (χ4n) is 2.74. The molecule has 1 aliphatic rings. The average Bonchev–Trinajstić information content (AvgIpc) is 2.37. The predicted octanol–water partition coefficient (Wildman–Crippen LogP) is 3.63. The van der Waals surface area contributed by atoms with E-state index in [1.807, 2.05) is 0 Å². The minimum absolute atomic E-state index is 0.225. The first-order chi connectivity index (χ1) is 9.55. The molecule has 0 N–H and O–H groups in total. The molecule has 1 rings (SSSR count). The third-order valence-electron chi connectivity index (χ3n) is 5.01. The lowest BCUT2D eigenvalue weighted by Crippen LogP contribution is -2.56. The summed E-state index contributed by atoms with van der Waals surface area (Å²) >= 11 is 0. The van der Waals surface area contributed by atoms with Crippen molar-refractivity contribution in [3.8, 4) is 0 Å². The predicted molar refractivity (Wildman–Crippen MR) is 91.8 cm³/mol. The van der Waals surface area contributed by atoms with Gasteiger partial charge in [-0.05, 0) is 39.5 Å². The zero-order valence-corrected chi connectivity index (χ0v) is 15.7. The first-order valence-corrected chi connectivity index (χ1v) is 8.66. The van der Waals surface area contributed by atoms with Gasteiger partial charge in [0.1, 0.15) is 0 Å². The molecule has 0 aromatic carbocycles. The van der Waals surface area contributed by atoms with Gasteiger partial charge in [0.2, 0.25) is 0 Å². The molecule has 21 heavy (non-hydrogen) atoms. The monoisotopic (exact) mass is 298 g/mol. The lowest BCUT2D eigenvalue weighted by Gasteiger charge is -2.44. The van der Waals surface area contributed by atoms with E-state index >= 15 is 0 Å². The quantitative estimate of drug-likeness (QED) is 0.771. The molecule has 1 saturated heterocycles. The molecule has 3 nitrogen and oxygen atoms in total. The van der Waals surface area contributed by atoms with Crippen molar-refractivity contribution in [3.05, 3.63) is 0 Å². The fraction of sp³-hybridized carbons (Fsp3) is 1.00. The maximum absolute atomic E-state index is 6.15. The summed E-state index contributed by atoms with van der Waals surface area (Å²) in [5, 5.41) is 0. The van der Waals surface area contributed by atoms with E-state index in [0.29, 0.717) is 17.7 Å². The molecule has 0 aromatic heterocycles. The summed E-state index contributed by atoms with van der Waals surface area (Å²) in [5.74, 6) is 0. The number of hydrogen-bond donors (Lipinski definition) is 0. The van der Waals surface area contributed by atoms with Crippen LogP contribution in [0.5, 0.6) is 0 Å². The van der Waals surface area contributed by atoms with Crippen LogP contribution in [0.3, 0.4) is 0 Å². The van der Waals surface area contributed by atoms with E-state index in [1.54, 1.807) is 0 Å². The molecule has 1 aliphatic heterocycles. The average molecular weight is 299 g/mol. The van der Waals surface area contributed by atoms with Crippen LogP contribution >= 0.6 is 0 Å². The summed E-state index contributed by atoms with van der Waals surface area (Å²) in [6.45, 7) is 23.7. The van der Waals surface area contributed by atoms with Crippen molar-refractivity contribution in [1.29, 1.82) is 0 Å². The maximum atomic E-state index is 6.15. The van der Waals surface area contributed by atoms with Crippen molar-refractivity contribution in [2.75, 3.05) is 32.8 Å². The van der Waals surface area contributed by atoms with Gasteiger partial charge in [0, 0.05) is 37.8 Å². The highest BCUT2D eigenvalue weighted by molar-refractivity contribution is 4.84. The third-order valence-corrected chi connectivity index (χ3v) is 5.01. The van der Waals surface area contributed by atoms with Crippen LogP contribution in [0.1, 0.15) is 61.8 Å². The summed E-state index contributed by atoms with van der Waals surface area (Å²) in [6.07, 6.45) is 1.48. The zero-order chi connectivity index (χ0) is 16.3. The highest BCUT2D eigenvalue weighted by atomic mass is 16.5. The first-order valence-electron chi connectivity index (χ1n) is 8.66. The summed E-state index contributed by atoms with van der Waals surface area (Å²) in [7, 11) is 0. The molecule has 0 saturated carbocycles. The third kappa shape index (κ3) is 5.88. The van der Waals surface area contributed by atoms with Crippen molar-refractivity contribution >= 4 is 0 Å². The standard InChI is InChI=1S/C18H38N2O/c1-9-16(14-21-15(2)17(3,4)5)19-10-12-20(13-11-19)18(6,7)8/h15-16H,9-14H2,1-8H3. The second kappa shape index (κ2) is 7.43. The smallest absolute Gasteiger partial charge is 0.0625 e. The van der Waals surface area contributed by atoms with E-state index in [9.17, 15) is 0 Å². The van der Waals surface area contributed by atoms with E-state index < -0.39 is 0 Å². The molecule has 0 aromatic rings. The van der Waals surface area contributed by atoms with E-state index in [2.05, 4.69) is 65.2 Å². The maximum Gasteiger partial charge on any atom is 0.0625 e. The van der Waals surface area contributed by atoms with Gasteiger partial charge in [0.25, 0.3) is 0 Å². The van der Waals surface area contributed by atoms with Crippen LogP contribution < -0.4 is 0 Å². The molecular formula is C18H38N2O. The molecular weight excluding hydrogens is 260 g/mol. The molecule has 0 aliphatic carbocycles. The summed E-state index contributed by atoms with van der Waals surface area (Å²) in [5.41, 5.74) is 0.522. The number of hydrogen-bond acceptors (Lipinski definition) is 3. The van der Waals surface area contributed by atoms with Crippen LogP contribution in [-0.2, 0) is 4.74 Å². The first kappa shape index (κ1) is 18.9. The van der Waals surface area contributed by atoms with Crippen LogP contribution in [0.2, 0.25) is 0 Å². The van der Waals surface area contributed by atoms with Crippen molar-refractivity contribution in [1.82, 2.24) is 9.80 Å². The Morgan fingerprint density at radius 2 is 1.48 bits per heavy atom. The minimum atomic E-state index is 0.225. The Bertz CT molecular complexity index is 295. The van der Waals surface area contributed by atoms with Gasteiger partial charge in [-0.3, -0.25) is 9.80 Å². The molecule has 0 spiro atoms. The molecule has 0 amide bonds. The van der Waals surface area contributed by atoms with E-state index in [4.69, 9.17) is 4.74 Å². The van der Waals surface area contributed by atoms with Crippen LogP contribution in [-0.4, -0.2) is 60.3 Å². The largest absolute Gasteiger partial charge is 0.376 e. The SMILES string of the molecule is CCC(COC(C)C(C)(C)C)N1CCN(C(C)(C)C)CC1. The lowest BCUT2D eigenvalue weighted by molar-refractivity contribution is -0.0458. The van der Waals surface area contributed by atoms with Crippen LogP contribution in [0, 0.1) is 5.41 Å². The van der Waals surface area contributed by atoms with E-state index in [-0.39, 0.29) is 5.41 Å².